The van der Waals surface area contributed by atoms with E-state index >= 15 is 0 Å². The largest absolute Gasteiger partial charge is 0.490 e. The molecular weight excluding hydrogens is 283 g/mol. The number of nitrogens with one attached hydrogen (secondary N) is 1. The number of thiol groups is 1. The smallest absolute Gasteiger partial charge is 0.480 e. The molecular formula is C7H10F3NO6S. The van der Waals surface area contributed by atoms with Crippen molar-refractivity contribution in [3.05, 3.63) is 0 Å². The molecule has 0 aliphatic heterocycles. The van der Waals surface area contributed by atoms with Gasteiger partial charge in [0.05, 0.1) is 6.54 Å². The van der Waals surface area contributed by atoms with Gasteiger partial charge >= 0.3 is 24.1 Å². The first-order chi connectivity index (χ1) is 8.02. The quantitative estimate of drug-likeness (QED) is 0.440. The summed E-state index contributed by atoms with van der Waals surface area (Å²) in [4.78, 5) is 29.1. The van der Waals surface area contributed by atoms with Crippen LogP contribution in [-0.2, 0) is 14.4 Å². The van der Waals surface area contributed by atoms with Crippen LogP contribution in [-0.4, -0.2) is 57.7 Å². The predicted octanol–water partition coefficient (Wildman–Crippen LogP) is -0.323. The maximum atomic E-state index is 10.6. The fraction of sp³-hybridized carbons (Fsp3) is 0.571. The highest BCUT2D eigenvalue weighted by molar-refractivity contribution is 7.80. The zero-order chi connectivity index (χ0) is 14.9. The molecule has 0 rings (SSSR count). The highest BCUT2D eigenvalue weighted by Gasteiger charge is 2.38. The van der Waals surface area contributed by atoms with Crippen LogP contribution in [0.2, 0.25) is 0 Å². The summed E-state index contributed by atoms with van der Waals surface area (Å²) in [5, 5.41) is 26.0. The minimum absolute atomic E-state index is 0.0720. The lowest BCUT2D eigenvalue weighted by atomic mass is 10.3. The Labute approximate surface area is 104 Å². The summed E-state index contributed by atoms with van der Waals surface area (Å²) in [5.74, 6) is -4.87. The van der Waals surface area contributed by atoms with Gasteiger partial charge in [0, 0.05) is 5.75 Å². The second kappa shape index (κ2) is 8.58. The average Bonchev–Trinajstić information content (AvgIpc) is 2.16. The van der Waals surface area contributed by atoms with Gasteiger partial charge in [-0.2, -0.15) is 25.8 Å². The maximum Gasteiger partial charge on any atom is 0.490 e. The Morgan fingerprint density at radius 2 is 1.56 bits per heavy atom. The standard InChI is InChI=1S/C5H9NO4S.C2HF3O2/c7-4(8)1-6-3(2-11)5(9)10;3-2(4,5)1(6)7/h3,6,11H,1-2H2,(H,7,8)(H,9,10);(H,6,7)/t3-;/m0./s1. The topological polar surface area (TPSA) is 124 Å². The Bertz CT molecular complexity index is 308. The second-order valence-electron chi connectivity index (χ2n) is 2.65. The zero-order valence-corrected chi connectivity index (χ0v) is 9.53. The van der Waals surface area contributed by atoms with Crippen LogP contribution in [0.25, 0.3) is 0 Å². The third-order valence-electron chi connectivity index (χ3n) is 1.22. The minimum atomic E-state index is -5.08. The lowest BCUT2D eigenvalue weighted by molar-refractivity contribution is -0.192. The van der Waals surface area contributed by atoms with Gasteiger partial charge in [-0.15, -0.1) is 0 Å². The lowest BCUT2D eigenvalue weighted by Gasteiger charge is -2.08. The van der Waals surface area contributed by atoms with E-state index in [9.17, 15) is 22.8 Å². The molecule has 0 aromatic carbocycles. The molecule has 0 aliphatic rings. The van der Waals surface area contributed by atoms with Crippen LogP contribution in [0, 0.1) is 0 Å². The third-order valence-corrected chi connectivity index (χ3v) is 1.59. The van der Waals surface area contributed by atoms with Crippen molar-refractivity contribution in [2.75, 3.05) is 12.3 Å². The van der Waals surface area contributed by atoms with E-state index < -0.39 is 30.1 Å². The number of carbonyl (C=O) groups is 3. The summed E-state index contributed by atoms with van der Waals surface area (Å²) in [5.41, 5.74) is 0. The summed E-state index contributed by atoms with van der Waals surface area (Å²) in [7, 11) is 0. The van der Waals surface area contributed by atoms with Gasteiger partial charge in [0.15, 0.2) is 0 Å². The predicted molar refractivity (Wildman–Crippen MR) is 54.6 cm³/mol. The lowest BCUT2D eigenvalue weighted by Crippen LogP contribution is -2.40. The van der Waals surface area contributed by atoms with Gasteiger partial charge in [-0.25, -0.2) is 4.79 Å². The van der Waals surface area contributed by atoms with E-state index in [1.54, 1.807) is 0 Å². The summed E-state index contributed by atoms with van der Waals surface area (Å²) in [6.45, 7) is -0.364. The van der Waals surface area contributed by atoms with Gasteiger partial charge in [0.2, 0.25) is 0 Å². The van der Waals surface area contributed by atoms with Gasteiger partial charge < -0.3 is 15.3 Å². The maximum absolute atomic E-state index is 10.6. The molecule has 0 saturated carbocycles. The Kier molecular flexibility index (Phi) is 8.99. The van der Waals surface area contributed by atoms with E-state index in [1.165, 1.54) is 0 Å². The number of halogens is 3. The highest BCUT2D eigenvalue weighted by Crippen LogP contribution is 2.13. The summed E-state index contributed by atoms with van der Waals surface area (Å²) < 4.78 is 31.7. The Balaban J connectivity index is 0. The molecule has 0 heterocycles. The number of alkyl halides is 3. The number of aliphatic carboxylic acids is 3. The minimum Gasteiger partial charge on any atom is -0.480 e. The molecule has 18 heavy (non-hydrogen) atoms. The van der Waals surface area contributed by atoms with Crippen LogP contribution in [0.4, 0.5) is 13.2 Å². The van der Waals surface area contributed by atoms with Crippen LogP contribution >= 0.6 is 12.6 Å². The van der Waals surface area contributed by atoms with Crippen LogP contribution in [0.1, 0.15) is 0 Å². The Morgan fingerprint density at radius 3 is 1.72 bits per heavy atom. The van der Waals surface area contributed by atoms with Crippen molar-refractivity contribution >= 4 is 30.5 Å². The first kappa shape index (κ1) is 18.9. The van der Waals surface area contributed by atoms with E-state index in [1.807, 2.05) is 0 Å². The number of hydrogen-bond acceptors (Lipinski definition) is 5. The van der Waals surface area contributed by atoms with Gasteiger partial charge in [-0.1, -0.05) is 0 Å². The van der Waals surface area contributed by atoms with Crippen LogP contribution in [0.5, 0.6) is 0 Å². The zero-order valence-electron chi connectivity index (χ0n) is 8.64. The second-order valence-corrected chi connectivity index (χ2v) is 3.02. The molecule has 0 aromatic heterocycles. The van der Waals surface area contributed by atoms with E-state index in [4.69, 9.17) is 20.1 Å². The number of carboxylic acid groups (broad SMARTS) is 3. The van der Waals surface area contributed by atoms with Gasteiger partial charge in [0.1, 0.15) is 6.04 Å². The summed E-state index contributed by atoms with van der Waals surface area (Å²) in [6.07, 6.45) is -5.08. The number of rotatable bonds is 5. The highest BCUT2D eigenvalue weighted by atomic mass is 32.1. The van der Waals surface area contributed by atoms with Crippen molar-refractivity contribution in [2.45, 2.75) is 12.2 Å². The van der Waals surface area contributed by atoms with Crippen molar-refractivity contribution in [3.63, 3.8) is 0 Å². The molecule has 106 valence electrons. The number of carboxylic acids is 3. The van der Waals surface area contributed by atoms with E-state index in [0.29, 0.717) is 0 Å². The molecule has 0 saturated heterocycles. The molecule has 0 aliphatic carbocycles. The first-order valence-electron chi connectivity index (χ1n) is 4.11. The average molecular weight is 293 g/mol. The molecule has 0 unspecified atom stereocenters. The molecule has 11 heteroatoms. The molecule has 7 nitrogen and oxygen atoms in total. The van der Waals surface area contributed by atoms with Crippen molar-refractivity contribution in [3.8, 4) is 0 Å². The Hall–Kier alpha value is -1.49. The van der Waals surface area contributed by atoms with Crippen LogP contribution in [0.3, 0.4) is 0 Å². The van der Waals surface area contributed by atoms with Crippen molar-refractivity contribution < 1.29 is 42.9 Å². The fourth-order valence-electron chi connectivity index (χ4n) is 0.440. The van der Waals surface area contributed by atoms with E-state index in [2.05, 4.69) is 17.9 Å². The molecule has 0 fully saturated rings. The van der Waals surface area contributed by atoms with Gasteiger partial charge in [-0.05, 0) is 0 Å². The molecule has 1 atom stereocenters. The van der Waals surface area contributed by atoms with Crippen LogP contribution < -0.4 is 5.32 Å². The summed E-state index contributed by atoms with van der Waals surface area (Å²) in [6, 6.07) is -0.894. The van der Waals surface area contributed by atoms with Gasteiger partial charge in [0.25, 0.3) is 0 Å². The van der Waals surface area contributed by atoms with Crippen molar-refractivity contribution in [1.29, 1.82) is 0 Å². The monoisotopic (exact) mass is 293 g/mol. The number of hydrogen-bond donors (Lipinski definition) is 5. The SMILES string of the molecule is O=C(O)C(F)(F)F.O=C(O)CN[C@@H](CS)C(=O)O. The molecule has 0 spiro atoms. The fourth-order valence-corrected chi connectivity index (χ4v) is 0.726. The molecule has 4 N–H and O–H groups in total. The van der Waals surface area contributed by atoms with Crippen molar-refractivity contribution in [2.24, 2.45) is 0 Å². The molecule has 0 bridgehead atoms. The summed E-state index contributed by atoms with van der Waals surface area (Å²) >= 11 is 3.72. The van der Waals surface area contributed by atoms with Crippen molar-refractivity contribution in [1.82, 2.24) is 5.32 Å². The normalized spacial score (nSPS) is 12.0. The van der Waals surface area contributed by atoms with Gasteiger partial charge in [-0.3, -0.25) is 14.9 Å². The first-order valence-corrected chi connectivity index (χ1v) is 4.74. The van der Waals surface area contributed by atoms with Crippen LogP contribution in [0.15, 0.2) is 0 Å². The van der Waals surface area contributed by atoms with E-state index in [0.717, 1.165) is 0 Å². The third kappa shape index (κ3) is 11.0. The molecule has 0 amide bonds. The van der Waals surface area contributed by atoms with E-state index in [-0.39, 0.29) is 12.3 Å². The Morgan fingerprint density at radius 1 is 1.17 bits per heavy atom. The molecule has 0 aromatic rings. The molecule has 0 radical (unpaired) electrons.